The number of amides is 1. The third kappa shape index (κ3) is 4.10. The number of likely N-dealkylation sites (tertiary alicyclic amines) is 1. The van der Waals surface area contributed by atoms with Crippen molar-refractivity contribution in [2.75, 3.05) is 50.7 Å². The van der Waals surface area contributed by atoms with E-state index in [1.165, 1.54) is 0 Å². The first-order valence-electron chi connectivity index (χ1n) is 10.7. The molecule has 1 aromatic heterocycles. The number of hydrogen-bond acceptors (Lipinski definition) is 6. The first kappa shape index (κ1) is 20.1. The van der Waals surface area contributed by atoms with Gasteiger partial charge < -0.3 is 14.5 Å². The van der Waals surface area contributed by atoms with E-state index >= 15 is 0 Å². The maximum atomic E-state index is 12.4. The van der Waals surface area contributed by atoms with E-state index in [4.69, 9.17) is 9.72 Å². The average Bonchev–Trinajstić information content (AvgIpc) is 3.22. The summed E-state index contributed by atoms with van der Waals surface area (Å²) in [7, 11) is 0. The Morgan fingerprint density at radius 1 is 1.14 bits per heavy atom. The van der Waals surface area contributed by atoms with Crippen LogP contribution in [0.25, 0.3) is 0 Å². The van der Waals surface area contributed by atoms with Crippen LogP contribution in [0.15, 0.2) is 0 Å². The molecule has 0 unspecified atom stereocenters. The van der Waals surface area contributed by atoms with E-state index < -0.39 is 0 Å². The van der Waals surface area contributed by atoms with E-state index in [1.807, 2.05) is 11.8 Å². The van der Waals surface area contributed by atoms with Gasteiger partial charge in [0.2, 0.25) is 5.91 Å². The minimum Gasteiger partial charge on any atom is -0.370 e. The Kier molecular flexibility index (Phi) is 5.50. The number of fused-ring (bicyclic) bond motifs is 1. The van der Waals surface area contributed by atoms with Crippen molar-refractivity contribution < 1.29 is 9.53 Å². The van der Waals surface area contributed by atoms with Gasteiger partial charge in [0.05, 0.1) is 24.3 Å². The van der Waals surface area contributed by atoms with Crippen LogP contribution in [0, 0.1) is 18.3 Å². The molecule has 0 radical (unpaired) electrons. The second-order valence-electron chi connectivity index (χ2n) is 9.04. The lowest BCUT2D eigenvalue weighted by molar-refractivity contribution is -0.131. The number of ether oxygens (including phenoxy) is 1. The van der Waals surface area contributed by atoms with E-state index in [2.05, 4.69) is 29.7 Å². The quantitative estimate of drug-likeness (QED) is 0.775. The molecule has 0 aromatic carbocycles. The highest BCUT2D eigenvalue weighted by Gasteiger charge is 2.33. The molecule has 29 heavy (non-hydrogen) atoms. The molecular weight excluding hydrogens is 366 g/mol. The van der Waals surface area contributed by atoms with Crippen molar-refractivity contribution in [2.45, 2.75) is 52.2 Å². The third-order valence-corrected chi connectivity index (χ3v) is 6.41. The number of aryl methyl sites for hydroxylation is 1. The van der Waals surface area contributed by atoms with Gasteiger partial charge in [0.15, 0.2) is 0 Å². The highest BCUT2D eigenvalue weighted by molar-refractivity contribution is 5.78. The Balaban J connectivity index is 1.48. The Morgan fingerprint density at radius 2 is 1.83 bits per heavy atom. The van der Waals surface area contributed by atoms with Crippen molar-refractivity contribution in [3.63, 3.8) is 0 Å². The zero-order valence-electron chi connectivity index (χ0n) is 17.8. The molecule has 4 heterocycles. The lowest BCUT2D eigenvalue weighted by Crippen LogP contribution is -2.50. The van der Waals surface area contributed by atoms with Crippen LogP contribution in [-0.4, -0.2) is 72.1 Å². The number of carbonyl (C=O) groups excluding carboxylic acids is 1. The summed E-state index contributed by atoms with van der Waals surface area (Å²) >= 11 is 0. The van der Waals surface area contributed by atoms with E-state index in [0.29, 0.717) is 18.7 Å². The largest absolute Gasteiger partial charge is 0.370 e. The van der Waals surface area contributed by atoms with Gasteiger partial charge in [0, 0.05) is 56.9 Å². The number of anilines is 1. The maximum Gasteiger partial charge on any atom is 0.236 e. The third-order valence-electron chi connectivity index (χ3n) is 6.41. The van der Waals surface area contributed by atoms with E-state index in [1.54, 1.807) is 0 Å². The predicted octanol–water partition coefficient (Wildman–Crippen LogP) is 1.86. The van der Waals surface area contributed by atoms with Crippen molar-refractivity contribution in [1.29, 1.82) is 5.26 Å². The number of carbonyl (C=O) groups is 1. The Hall–Kier alpha value is -2.17. The fourth-order valence-corrected chi connectivity index (χ4v) is 4.64. The van der Waals surface area contributed by atoms with Crippen LogP contribution in [0.2, 0.25) is 0 Å². The molecule has 1 amide bonds. The van der Waals surface area contributed by atoms with Crippen LogP contribution in [0.3, 0.4) is 0 Å². The van der Waals surface area contributed by atoms with Gasteiger partial charge in [-0.3, -0.25) is 9.69 Å². The summed E-state index contributed by atoms with van der Waals surface area (Å²) in [6, 6.07) is 2.43. The van der Waals surface area contributed by atoms with Crippen molar-refractivity contribution >= 4 is 11.7 Å². The van der Waals surface area contributed by atoms with Crippen molar-refractivity contribution in [3.8, 4) is 6.07 Å². The zero-order valence-corrected chi connectivity index (χ0v) is 17.8. The molecule has 0 spiro atoms. The summed E-state index contributed by atoms with van der Waals surface area (Å²) in [5.41, 5.74) is 3.55. The van der Waals surface area contributed by atoms with Gasteiger partial charge in [-0.05, 0) is 39.2 Å². The minimum absolute atomic E-state index is 0.249. The lowest BCUT2D eigenvalue weighted by atomic mass is 9.88. The topological polar surface area (TPSA) is 72.7 Å². The second-order valence-corrected chi connectivity index (χ2v) is 9.04. The smallest absolute Gasteiger partial charge is 0.236 e. The highest BCUT2D eigenvalue weighted by Crippen LogP contribution is 2.35. The fraction of sp³-hybridized carbons (Fsp3) is 0.682. The summed E-state index contributed by atoms with van der Waals surface area (Å²) in [4.78, 5) is 23.7. The summed E-state index contributed by atoms with van der Waals surface area (Å²) in [5.74, 6) is 1.05. The first-order valence-corrected chi connectivity index (χ1v) is 10.7. The van der Waals surface area contributed by atoms with E-state index in [-0.39, 0.29) is 11.5 Å². The second kappa shape index (κ2) is 7.92. The molecule has 0 bridgehead atoms. The molecule has 1 aromatic rings. The van der Waals surface area contributed by atoms with Gasteiger partial charge in [-0.25, -0.2) is 4.98 Å². The normalized spacial score (nSPS) is 21.7. The standard InChI is InChI=1S/C22H31N5O2/c1-16-19-15-29-22(2,3)12-17(19)18(13-23)21(24-16)27-10-8-25(9-11-27)14-20(28)26-6-4-5-7-26/h4-12,14-15H2,1-3H3. The Bertz CT molecular complexity index is 831. The van der Waals surface area contributed by atoms with Crippen molar-refractivity contribution in [2.24, 2.45) is 0 Å². The van der Waals surface area contributed by atoms with Gasteiger partial charge in [0.25, 0.3) is 0 Å². The Morgan fingerprint density at radius 3 is 2.48 bits per heavy atom. The summed E-state index contributed by atoms with van der Waals surface area (Å²) in [6.07, 6.45) is 2.98. The number of hydrogen-bond donors (Lipinski definition) is 0. The number of nitrogens with zero attached hydrogens (tertiary/aromatic N) is 5. The Labute approximate surface area is 173 Å². The monoisotopic (exact) mass is 397 g/mol. The van der Waals surface area contributed by atoms with Gasteiger partial charge >= 0.3 is 0 Å². The van der Waals surface area contributed by atoms with Crippen LogP contribution >= 0.6 is 0 Å². The number of nitriles is 1. The van der Waals surface area contributed by atoms with Gasteiger partial charge in [-0.2, -0.15) is 5.26 Å². The lowest BCUT2D eigenvalue weighted by Gasteiger charge is -2.38. The number of pyridine rings is 1. The first-order chi connectivity index (χ1) is 13.9. The van der Waals surface area contributed by atoms with Crippen molar-refractivity contribution in [1.82, 2.24) is 14.8 Å². The molecular formula is C22H31N5O2. The number of piperazine rings is 1. The van der Waals surface area contributed by atoms with E-state index in [9.17, 15) is 10.1 Å². The molecule has 2 saturated heterocycles. The molecule has 3 aliphatic heterocycles. The molecule has 0 saturated carbocycles. The zero-order chi connectivity index (χ0) is 20.6. The average molecular weight is 398 g/mol. The van der Waals surface area contributed by atoms with Gasteiger partial charge in [-0.1, -0.05) is 0 Å². The summed E-state index contributed by atoms with van der Waals surface area (Å²) < 4.78 is 5.95. The molecule has 156 valence electrons. The van der Waals surface area contributed by atoms with Crippen LogP contribution in [0.4, 0.5) is 5.82 Å². The van der Waals surface area contributed by atoms with Gasteiger partial charge in [-0.15, -0.1) is 0 Å². The molecule has 0 N–H and O–H groups in total. The van der Waals surface area contributed by atoms with Gasteiger partial charge in [0.1, 0.15) is 11.9 Å². The molecule has 4 rings (SSSR count). The van der Waals surface area contributed by atoms with Crippen LogP contribution in [0.5, 0.6) is 0 Å². The van der Waals surface area contributed by atoms with Crippen molar-refractivity contribution in [3.05, 3.63) is 22.4 Å². The maximum absolute atomic E-state index is 12.4. The summed E-state index contributed by atoms with van der Waals surface area (Å²) in [6.45, 7) is 12.2. The van der Waals surface area contributed by atoms with E-state index in [0.717, 1.165) is 81.2 Å². The van der Waals surface area contributed by atoms with Crippen LogP contribution < -0.4 is 4.90 Å². The SMILES string of the molecule is Cc1nc(N2CCN(CC(=O)N3CCCC3)CC2)c(C#N)c2c1COC(C)(C)C2. The summed E-state index contributed by atoms with van der Waals surface area (Å²) in [5, 5.41) is 9.94. The van der Waals surface area contributed by atoms with Crippen LogP contribution in [-0.2, 0) is 22.6 Å². The fourth-order valence-electron chi connectivity index (χ4n) is 4.64. The molecule has 3 aliphatic rings. The predicted molar refractivity (Wildman–Crippen MR) is 111 cm³/mol. The molecule has 7 nitrogen and oxygen atoms in total. The number of aromatic nitrogens is 1. The van der Waals surface area contributed by atoms with Crippen LogP contribution in [0.1, 0.15) is 49.1 Å². The molecule has 2 fully saturated rings. The molecule has 0 atom stereocenters. The minimum atomic E-state index is -0.266. The number of rotatable bonds is 3. The highest BCUT2D eigenvalue weighted by atomic mass is 16.5. The molecule has 7 heteroatoms. The molecule has 0 aliphatic carbocycles.